The van der Waals surface area contributed by atoms with Crippen molar-refractivity contribution in [2.24, 2.45) is 0 Å². The van der Waals surface area contributed by atoms with E-state index in [1.165, 1.54) is 4.57 Å². The summed E-state index contributed by atoms with van der Waals surface area (Å²) in [6.45, 7) is 2.13. The lowest BCUT2D eigenvalue weighted by Gasteiger charge is -2.12. The molecule has 1 aliphatic rings. The molecule has 138 valence electrons. The van der Waals surface area contributed by atoms with Crippen LogP contribution in [0.25, 0.3) is 0 Å². The zero-order chi connectivity index (χ0) is 18.5. The van der Waals surface area contributed by atoms with Gasteiger partial charge in [-0.25, -0.2) is 14.7 Å². The van der Waals surface area contributed by atoms with Gasteiger partial charge in [0.2, 0.25) is 5.91 Å². The van der Waals surface area contributed by atoms with Crippen LogP contribution in [0.2, 0.25) is 0 Å². The first-order chi connectivity index (χ1) is 12.5. The largest absolute Gasteiger partial charge is 0.343 e. The van der Waals surface area contributed by atoms with Gasteiger partial charge in [0.1, 0.15) is 0 Å². The molecule has 1 aliphatic carbocycles. The fourth-order valence-corrected chi connectivity index (χ4v) is 3.23. The number of hydrogen-bond donors (Lipinski definition) is 3. The van der Waals surface area contributed by atoms with Gasteiger partial charge in [0.25, 0.3) is 0 Å². The number of thioether (sulfide) groups is 1. The van der Waals surface area contributed by atoms with Crippen molar-refractivity contribution in [3.05, 3.63) is 46.4 Å². The van der Waals surface area contributed by atoms with Gasteiger partial charge < -0.3 is 5.32 Å². The van der Waals surface area contributed by atoms with Gasteiger partial charge in [0, 0.05) is 12.6 Å². The Bertz CT molecular complexity index is 828. The zero-order valence-electron chi connectivity index (χ0n) is 14.4. The van der Waals surface area contributed by atoms with Crippen LogP contribution in [0.15, 0.2) is 40.3 Å². The number of urea groups is 1. The summed E-state index contributed by atoms with van der Waals surface area (Å²) in [6.07, 6.45) is 2.58. The van der Waals surface area contributed by atoms with E-state index in [0.29, 0.717) is 18.1 Å². The fourth-order valence-electron chi connectivity index (χ4n) is 2.35. The number of nitrogens with one attached hydrogen (secondary N) is 3. The van der Waals surface area contributed by atoms with Gasteiger partial charge in [-0.3, -0.25) is 14.7 Å². The molecule has 8 nitrogen and oxygen atoms in total. The summed E-state index contributed by atoms with van der Waals surface area (Å²) < 4.78 is 1.51. The van der Waals surface area contributed by atoms with E-state index in [1.54, 1.807) is 6.92 Å². The van der Waals surface area contributed by atoms with Gasteiger partial charge in [0.05, 0.1) is 5.25 Å². The molecule has 0 bridgehead atoms. The minimum atomic E-state index is -0.564. The Kier molecular flexibility index (Phi) is 5.77. The Labute approximate surface area is 154 Å². The van der Waals surface area contributed by atoms with Crippen molar-refractivity contribution >= 4 is 23.7 Å². The topological polar surface area (TPSA) is 109 Å². The quantitative estimate of drug-likeness (QED) is 0.632. The summed E-state index contributed by atoms with van der Waals surface area (Å²) in [6, 6.07) is 9.52. The number of rotatable bonds is 7. The van der Waals surface area contributed by atoms with Crippen molar-refractivity contribution < 1.29 is 9.59 Å². The second-order valence-electron chi connectivity index (χ2n) is 6.20. The number of benzene rings is 1. The molecule has 1 fully saturated rings. The van der Waals surface area contributed by atoms with Gasteiger partial charge in [-0.15, -0.1) is 5.10 Å². The number of aromatic amines is 1. The molecule has 1 aromatic heterocycles. The maximum Gasteiger partial charge on any atom is 0.343 e. The molecule has 0 saturated heterocycles. The number of aryl methyl sites for hydroxylation is 1. The van der Waals surface area contributed by atoms with E-state index < -0.39 is 17.2 Å². The molecule has 9 heteroatoms. The van der Waals surface area contributed by atoms with Gasteiger partial charge in [-0.05, 0) is 31.7 Å². The molecule has 3 rings (SSSR count). The summed E-state index contributed by atoms with van der Waals surface area (Å²) >= 11 is 1.14. The second kappa shape index (κ2) is 8.22. The fraction of sp³-hybridized carbons (Fsp3) is 0.412. The Morgan fingerprint density at radius 1 is 1.35 bits per heavy atom. The predicted molar refractivity (Wildman–Crippen MR) is 98.0 cm³/mol. The first kappa shape index (κ1) is 18.2. The van der Waals surface area contributed by atoms with Crippen molar-refractivity contribution in [2.45, 2.75) is 49.2 Å². The van der Waals surface area contributed by atoms with E-state index in [1.807, 2.05) is 30.3 Å². The standard InChI is InChI=1S/C17H21N5O3S/c1-11(14(23)19-15(24)18-13-7-8-13)26-17-21-20-16(25)22(17)10-9-12-5-3-2-4-6-12/h2-6,11,13H,7-10H2,1H3,(H,20,25)(H2,18,19,23,24)/t11-/m0/s1. The van der Waals surface area contributed by atoms with Crippen LogP contribution in [0.3, 0.4) is 0 Å². The molecule has 0 radical (unpaired) electrons. The zero-order valence-corrected chi connectivity index (χ0v) is 15.2. The highest BCUT2D eigenvalue weighted by molar-refractivity contribution is 8.00. The Morgan fingerprint density at radius 3 is 2.77 bits per heavy atom. The third kappa shape index (κ3) is 4.98. The predicted octanol–water partition coefficient (Wildman–Crippen LogP) is 1.28. The summed E-state index contributed by atoms with van der Waals surface area (Å²) in [5.41, 5.74) is 0.793. The Hall–Kier alpha value is -2.55. The van der Waals surface area contributed by atoms with Crippen molar-refractivity contribution in [1.29, 1.82) is 0 Å². The van der Waals surface area contributed by atoms with Crippen LogP contribution in [-0.4, -0.2) is 38.0 Å². The summed E-state index contributed by atoms with van der Waals surface area (Å²) in [5.74, 6) is -0.418. The van der Waals surface area contributed by atoms with Crippen LogP contribution < -0.4 is 16.3 Å². The molecule has 26 heavy (non-hydrogen) atoms. The van der Waals surface area contributed by atoms with E-state index in [4.69, 9.17) is 0 Å². The first-order valence-electron chi connectivity index (χ1n) is 8.50. The third-order valence-corrected chi connectivity index (χ3v) is 5.08. The van der Waals surface area contributed by atoms with Gasteiger partial charge in [-0.2, -0.15) is 0 Å². The van der Waals surface area contributed by atoms with Crippen molar-refractivity contribution in [3.63, 3.8) is 0 Å². The maximum absolute atomic E-state index is 12.1. The summed E-state index contributed by atoms with van der Waals surface area (Å²) in [4.78, 5) is 35.8. The molecule has 0 unspecified atom stereocenters. The number of carbonyl (C=O) groups excluding carboxylic acids is 2. The van der Waals surface area contributed by atoms with Crippen LogP contribution >= 0.6 is 11.8 Å². The molecule has 1 saturated carbocycles. The average molecular weight is 375 g/mol. The average Bonchev–Trinajstić information content (AvgIpc) is 3.37. The lowest BCUT2D eigenvalue weighted by molar-refractivity contribution is -0.119. The third-order valence-electron chi connectivity index (χ3n) is 3.99. The molecule has 2 aromatic rings. The minimum Gasteiger partial charge on any atom is -0.335 e. The minimum absolute atomic E-state index is 0.181. The molecular weight excluding hydrogens is 354 g/mol. The van der Waals surface area contributed by atoms with Gasteiger partial charge in [-0.1, -0.05) is 42.1 Å². The van der Waals surface area contributed by atoms with E-state index in [0.717, 1.165) is 30.2 Å². The lowest BCUT2D eigenvalue weighted by Crippen LogP contribution is -2.43. The molecule has 0 spiro atoms. The van der Waals surface area contributed by atoms with Crippen LogP contribution in [0.5, 0.6) is 0 Å². The van der Waals surface area contributed by atoms with Crippen LogP contribution in [-0.2, 0) is 17.8 Å². The van der Waals surface area contributed by atoms with Crippen LogP contribution in [0, 0.1) is 0 Å². The number of amides is 3. The molecule has 1 atom stereocenters. The highest BCUT2D eigenvalue weighted by Crippen LogP contribution is 2.21. The number of hydrogen-bond acceptors (Lipinski definition) is 5. The number of nitrogens with zero attached hydrogens (tertiary/aromatic N) is 2. The molecular formula is C17H21N5O3S. The summed E-state index contributed by atoms with van der Waals surface area (Å²) in [5, 5.41) is 11.3. The highest BCUT2D eigenvalue weighted by atomic mass is 32.2. The van der Waals surface area contributed by atoms with Crippen LogP contribution in [0.4, 0.5) is 4.79 Å². The smallest absolute Gasteiger partial charge is 0.335 e. The van der Waals surface area contributed by atoms with Crippen molar-refractivity contribution in [3.8, 4) is 0 Å². The number of aromatic nitrogens is 3. The highest BCUT2D eigenvalue weighted by Gasteiger charge is 2.26. The van der Waals surface area contributed by atoms with Crippen molar-refractivity contribution in [1.82, 2.24) is 25.4 Å². The number of carbonyl (C=O) groups is 2. The van der Waals surface area contributed by atoms with E-state index in [-0.39, 0.29) is 11.7 Å². The molecule has 0 aliphatic heterocycles. The van der Waals surface area contributed by atoms with E-state index >= 15 is 0 Å². The second-order valence-corrected chi connectivity index (χ2v) is 7.50. The molecule has 1 heterocycles. The lowest BCUT2D eigenvalue weighted by atomic mass is 10.1. The molecule has 1 aromatic carbocycles. The van der Waals surface area contributed by atoms with Gasteiger partial charge >= 0.3 is 11.7 Å². The van der Waals surface area contributed by atoms with Crippen molar-refractivity contribution in [2.75, 3.05) is 0 Å². The Morgan fingerprint density at radius 2 is 2.08 bits per heavy atom. The SMILES string of the molecule is C[C@H](Sc1n[nH]c(=O)n1CCc1ccccc1)C(=O)NC(=O)NC1CC1. The molecule has 3 N–H and O–H groups in total. The Balaban J connectivity index is 1.57. The number of imide groups is 1. The van der Waals surface area contributed by atoms with E-state index in [2.05, 4.69) is 20.8 Å². The normalized spacial score (nSPS) is 14.7. The summed E-state index contributed by atoms with van der Waals surface area (Å²) in [7, 11) is 0. The molecule has 3 amide bonds. The number of H-pyrrole nitrogens is 1. The van der Waals surface area contributed by atoms with E-state index in [9.17, 15) is 14.4 Å². The first-order valence-corrected chi connectivity index (χ1v) is 9.38. The monoisotopic (exact) mass is 375 g/mol. The van der Waals surface area contributed by atoms with Crippen LogP contribution in [0.1, 0.15) is 25.3 Å². The van der Waals surface area contributed by atoms with Gasteiger partial charge in [0.15, 0.2) is 5.16 Å². The maximum atomic E-state index is 12.1.